The molecule has 0 heterocycles. The van der Waals surface area contributed by atoms with Crippen LogP contribution in [0, 0.1) is 0 Å². The summed E-state index contributed by atoms with van der Waals surface area (Å²) in [5.41, 5.74) is -0.0983. The summed E-state index contributed by atoms with van der Waals surface area (Å²) in [5, 5.41) is 4.25. The second-order valence-electron chi connectivity index (χ2n) is 3.01. The largest absolute Gasteiger partial charge is 0.281 e. The van der Waals surface area contributed by atoms with Gasteiger partial charge in [-0.2, -0.15) is 0 Å². The van der Waals surface area contributed by atoms with Gasteiger partial charge in [-0.15, -0.1) is 11.6 Å². The normalized spacial score (nSPS) is 12.4. The predicted octanol–water partition coefficient (Wildman–Crippen LogP) is 0.925. The molecule has 0 aromatic heterocycles. The zero-order valence-electron chi connectivity index (χ0n) is 8.22. The van der Waals surface area contributed by atoms with Crippen molar-refractivity contribution >= 4 is 48.9 Å². The molecule has 0 aliphatic rings. The lowest BCUT2D eigenvalue weighted by molar-refractivity contribution is 0.597. The quantitative estimate of drug-likeness (QED) is 0.805. The molecule has 3 N–H and O–H groups in total. The van der Waals surface area contributed by atoms with Gasteiger partial charge in [0.05, 0.1) is 15.6 Å². The Balaban J connectivity index is 3.26. The van der Waals surface area contributed by atoms with Gasteiger partial charge in [0.1, 0.15) is 5.21 Å². The van der Waals surface area contributed by atoms with Gasteiger partial charge in [-0.1, -0.05) is 11.6 Å². The van der Waals surface area contributed by atoms with Crippen molar-refractivity contribution in [2.75, 3.05) is 9.93 Å². The number of anilines is 1. The molecule has 17 heavy (non-hydrogen) atoms. The highest BCUT2D eigenvalue weighted by Gasteiger charge is 2.14. The van der Waals surface area contributed by atoms with E-state index in [1.165, 1.54) is 6.07 Å². The van der Waals surface area contributed by atoms with Crippen molar-refractivity contribution < 1.29 is 16.8 Å². The summed E-state index contributed by atoms with van der Waals surface area (Å²) in [7, 11) is -7.69. The van der Waals surface area contributed by atoms with Gasteiger partial charge < -0.3 is 0 Å². The number of hydrogen-bond donors (Lipinski definition) is 2. The maximum atomic E-state index is 11.2. The molecule has 0 unspecified atom stereocenters. The van der Waals surface area contributed by atoms with Crippen LogP contribution in [0.25, 0.3) is 0 Å². The van der Waals surface area contributed by atoms with Gasteiger partial charge in [-0.25, -0.2) is 22.0 Å². The van der Waals surface area contributed by atoms with E-state index >= 15 is 0 Å². The monoisotopic (exact) mass is 318 g/mol. The van der Waals surface area contributed by atoms with Crippen LogP contribution in [-0.4, -0.2) is 22.0 Å². The summed E-state index contributed by atoms with van der Waals surface area (Å²) < 4.78 is 46.6. The lowest BCUT2D eigenvalue weighted by Crippen LogP contribution is -2.16. The first-order valence-electron chi connectivity index (χ1n) is 4.04. The van der Waals surface area contributed by atoms with Crippen molar-refractivity contribution in [3.63, 3.8) is 0 Å². The molecule has 0 spiro atoms. The van der Waals surface area contributed by atoms with Gasteiger partial charge in [0, 0.05) is 0 Å². The Morgan fingerprint density at radius 2 is 1.82 bits per heavy atom. The number of hydrogen-bond acceptors (Lipinski definition) is 4. The molecule has 0 radical (unpaired) electrons. The Morgan fingerprint density at radius 3 is 2.29 bits per heavy atom. The molecule has 0 saturated carbocycles. The first-order chi connectivity index (χ1) is 7.65. The number of alkyl halides is 1. The highest BCUT2D eigenvalue weighted by atomic mass is 35.5. The van der Waals surface area contributed by atoms with Gasteiger partial charge in [0.15, 0.2) is 0 Å². The minimum atomic E-state index is -3.93. The molecule has 0 fully saturated rings. The van der Waals surface area contributed by atoms with Crippen LogP contribution in [0.15, 0.2) is 23.1 Å². The third-order valence-electron chi connectivity index (χ3n) is 1.68. The summed E-state index contributed by atoms with van der Waals surface area (Å²) >= 11 is 10.9. The van der Waals surface area contributed by atoms with Crippen molar-refractivity contribution in [2.45, 2.75) is 4.90 Å². The number of halogens is 2. The number of nitrogens with two attached hydrogens (primary N) is 1. The minimum absolute atomic E-state index is 0.0334. The fraction of sp³-hybridized carbons (Fsp3) is 0.143. The van der Waals surface area contributed by atoms with Crippen LogP contribution in [0.2, 0.25) is 5.02 Å². The zero-order chi connectivity index (χ0) is 13.3. The van der Waals surface area contributed by atoms with Gasteiger partial charge in [0.25, 0.3) is 0 Å². The van der Waals surface area contributed by atoms with E-state index in [0.29, 0.717) is 0 Å². The van der Waals surface area contributed by atoms with E-state index in [1.54, 1.807) is 0 Å². The Bertz CT molecular complexity index is 627. The summed E-state index contributed by atoms with van der Waals surface area (Å²) in [5.74, 6) is 0. The molecule has 1 aromatic rings. The molecule has 0 amide bonds. The van der Waals surface area contributed by atoms with Crippen molar-refractivity contribution in [1.82, 2.24) is 0 Å². The topological polar surface area (TPSA) is 106 Å². The number of rotatable bonds is 4. The highest BCUT2D eigenvalue weighted by Crippen LogP contribution is 2.25. The number of benzene rings is 1. The molecule has 0 aliphatic carbocycles. The third-order valence-corrected chi connectivity index (χ3v) is 4.60. The minimum Gasteiger partial charge on any atom is -0.281 e. The van der Waals surface area contributed by atoms with E-state index < -0.39 is 25.3 Å². The molecule has 1 rings (SSSR count). The van der Waals surface area contributed by atoms with E-state index in [-0.39, 0.29) is 15.6 Å². The van der Waals surface area contributed by atoms with Crippen LogP contribution >= 0.6 is 23.2 Å². The molecule has 0 bridgehead atoms. The molecule has 0 saturated heterocycles. The van der Waals surface area contributed by atoms with Crippen molar-refractivity contribution in [3.05, 3.63) is 23.2 Å². The lowest BCUT2D eigenvalue weighted by atomic mass is 10.3. The maximum absolute atomic E-state index is 11.2. The second-order valence-corrected chi connectivity index (χ2v) is 7.29. The van der Waals surface area contributed by atoms with Gasteiger partial charge in [-0.3, -0.25) is 4.72 Å². The third kappa shape index (κ3) is 4.00. The van der Waals surface area contributed by atoms with Crippen molar-refractivity contribution in [3.8, 4) is 0 Å². The van der Waals surface area contributed by atoms with Crippen LogP contribution in [0.5, 0.6) is 0 Å². The summed E-state index contributed by atoms with van der Waals surface area (Å²) in [6.45, 7) is 0. The molecule has 10 heteroatoms. The Kier molecular flexibility index (Phi) is 4.26. The molecule has 0 aliphatic heterocycles. The smallest absolute Gasteiger partial charge is 0.246 e. The van der Waals surface area contributed by atoms with Gasteiger partial charge in [-0.05, 0) is 18.2 Å². The number of sulfonamides is 2. The molecule has 96 valence electrons. The first kappa shape index (κ1) is 14.5. The van der Waals surface area contributed by atoms with Crippen LogP contribution in [0.1, 0.15) is 0 Å². The SMILES string of the molecule is NS(=O)(=O)c1ccc(Cl)c(NS(=O)(=O)CCl)c1. The van der Waals surface area contributed by atoms with E-state index in [0.717, 1.165) is 12.1 Å². The standard InChI is InChI=1S/C7H8Cl2N2O4S2/c8-4-16(12,13)11-7-3-5(17(10,14)15)1-2-6(7)9/h1-3,11H,4H2,(H2,10,14,15). The zero-order valence-corrected chi connectivity index (χ0v) is 11.4. The van der Waals surface area contributed by atoms with Crippen LogP contribution in [-0.2, 0) is 20.0 Å². The van der Waals surface area contributed by atoms with E-state index in [4.69, 9.17) is 28.3 Å². The molecular weight excluding hydrogens is 311 g/mol. The molecule has 0 atom stereocenters. The average Bonchev–Trinajstić information content (AvgIpc) is 2.19. The first-order valence-corrected chi connectivity index (χ1v) is 8.15. The molecule has 1 aromatic carbocycles. The van der Waals surface area contributed by atoms with Crippen LogP contribution in [0.4, 0.5) is 5.69 Å². The van der Waals surface area contributed by atoms with Crippen molar-refractivity contribution in [1.29, 1.82) is 0 Å². The Hall–Kier alpha value is -0.540. The Labute approximate surface area is 109 Å². The van der Waals surface area contributed by atoms with E-state index in [9.17, 15) is 16.8 Å². The van der Waals surface area contributed by atoms with E-state index in [2.05, 4.69) is 0 Å². The van der Waals surface area contributed by atoms with Crippen LogP contribution < -0.4 is 9.86 Å². The lowest BCUT2D eigenvalue weighted by Gasteiger charge is -2.08. The molecular formula is C7H8Cl2N2O4S2. The predicted molar refractivity (Wildman–Crippen MR) is 66.1 cm³/mol. The fourth-order valence-electron chi connectivity index (χ4n) is 0.954. The fourth-order valence-corrected chi connectivity index (χ4v) is 2.44. The average molecular weight is 319 g/mol. The summed E-state index contributed by atoms with van der Waals surface area (Å²) in [6.07, 6.45) is 0. The van der Waals surface area contributed by atoms with Gasteiger partial charge >= 0.3 is 0 Å². The number of nitrogens with one attached hydrogen (secondary N) is 1. The maximum Gasteiger partial charge on any atom is 0.246 e. The molecule has 6 nitrogen and oxygen atoms in total. The second kappa shape index (κ2) is 4.99. The van der Waals surface area contributed by atoms with Crippen LogP contribution in [0.3, 0.4) is 0 Å². The summed E-state index contributed by atoms with van der Waals surface area (Å²) in [6, 6.07) is 3.39. The Morgan fingerprint density at radius 1 is 1.24 bits per heavy atom. The van der Waals surface area contributed by atoms with Gasteiger partial charge in [0.2, 0.25) is 20.0 Å². The van der Waals surface area contributed by atoms with E-state index in [1.807, 2.05) is 4.72 Å². The summed E-state index contributed by atoms with van der Waals surface area (Å²) in [4.78, 5) is -0.255. The highest BCUT2D eigenvalue weighted by molar-refractivity contribution is 7.93. The van der Waals surface area contributed by atoms with Crippen molar-refractivity contribution in [2.24, 2.45) is 5.14 Å². The number of primary sulfonamides is 1.